The summed E-state index contributed by atoms with van der Waals surface area (Å²) in [7, 11) is 0. The van der Waals surface area contributed by atoms with Gasteiger partial charge in [0.25, 0.3) is 0 Å². The van der Waals surface area contributed by atoms with E-state index >= 15 is 0 Å². The van der Waals surface area contributed by atoms with E-state index in [1.807, 2.05) is 12.1 Å². The predicted molar refractivity (Wildman–Crippen MR) is 54.3 cm³/mol. The highest BCUT2D eigenvalue weighted by Crippen LogP contribution is 1.94. The molecule has 0 radical (unpaired) electrons. The van der Waals surface area contributed by atoms with Gasteiger partial charge in [0.1, 0.15) is 0 Å². The van der Waals surface area contributed by atoms with Crippen LogP contribution in [0.15, 0.2) is 41.2 Å². The first kappa shape index (κ1) is 15.4. The van der Waals surface area contributed by atoms with Gasteiger partial charge in [-0.15, -0.1) is 0 Å². The number of amides is 1. The molecule has 0 atom stereocenters. The molecule has 0 saturated carbocycles. The first-order chi connectivity index (χ1) is 6.54. The molecule has 6 heteroatoms. The van der Waals surface area contributed by atoms with Gasteiger partial charge >= 0.3 is 5.97 Å². The Labute approximate surface area is 87.0 Å². The van der Waals surface area contributed by atoms with E-state index in [4.69, 9.17) is 5.11 Å². The largest absolute Gasteiger partial charge is 0.478 e. The molecule has 0 aliphatic rings. The van der Waals surface area contributed by atoms with Gasteiger partial charge in [-0.2, -0.15) is 0 Å². The maximum absolute atomic E-state index is 10.0. The molecule has 0 aliphatic heterocycles. The van der Waals surface area contributed by atoms with Crippen LogP contribution in [0.2, 0.25) is 0 Å². The van der Waals surface area contributed by atoms with Crippen molar-refractivity contribution in [2.24, 2.45) is 5.73 Å². The molecule has 6 nitrogen and oxygen atoms in total. The molecule has 0 spiro atoms. The maximum atomic E-state index is 10.0. The quantitative estimate of drug-likeness (QED) is 0.645. The third kappa shape index (κ3) is 9.84. The first-order valence-corrected chi connectivity index (χ1v) is 3.70. The van der Waals surface area contributed by atoms with Crippen LogP contribution in [0.3, 0.4) is 0 Å². The number of nitrogens with two attached hydrogens (primary N) is 1. The van der Waals surface area contributed by atoms with E-state index in [0.717, 1.165) is 0 Å². The van der Waals surface area contributed by atoms with Gasteiger partial charge in [0.15, 0.2) is 0 Å². The van der Waals surface area contributed by atoms with E-state index in [-0.39, 0.29) is 18.1 Å². The van der Waals surface area contributed by atoms with Gasteiger partial charge in [0.05, 0.1) is 18.9 Å². The van der Waals surface area contributed by atoms with Crippen molar-refractivity contribution in [2.75, 3.05) is 0 Å². The fourth-order valence-electron chi connectivity index (χ4n) is 0.513. The summed E-state index contributed by atoms with van der Waals surface area (Å²) in [5.41, 5.74) is 4.49. The number of carboxylic acids is 1. The molecule has 1 aromatic rings. The van der Waals surface area contributed by atoms with Crippen LogP contribution in [0, 0.1) is 0 Å². The SMILES string of the molecule is C=C(CC(N)=O)C(=O)O.N.c1ccoc1. The van der Waals surface area contributed by atoms with E-state index < -0.39 is 11.9 Å². The molecule has 1 heterocycles. The van der Waals surface area contributed by atoms with Crippen molar-refractivity contribution in [3.8, 4) is 0 Å². The molecule has 1 rings (SSSR count). The van der Waals surface area contributed by atoms with Crippen LogP contribution in [-0.2, 0) is 9.59 Å². The number of carbonyl (C=O) groups excluding carboxylic acids is 1. The summed E-state index contributed by atoms with van der Waals surface area (Å²) in [5, 5.41) is 8.12. The molecule has 0 aliphatic carbocycles. The van der Waals surface area contributed by atoms with Gasteiger partial charge in [-0.1, -0.05) is 6.58 Å². The van der Waals surface area contributed by atoms with Crippen molar-refractivity contribution in [1.82, 2.24) is 6.15 Å². The Morgan fingerprint density at radius 2 is 1.80 bits per heavy atom. The molecular weight excluding hydrogens is 200 g/mol. The monoisotopic (exact) mass is 214 g/mol. The average molecular weight is 214 g/mol. The standard InChI is InChI=1S/C5H7NO3.C4H4O.H3N/c1-3(5(8)9)2-4(6)7;1-2-4-5-3-1;/h1-2H2,(H2,6,7)(H,8,9);1-4H;1H3. The Bertz CT molecular complexity index is 289. The number of carbonyl (C=O) groups is 2. The van der Waals surface area contributed by atoms with Gasteiger partial charge in [-0.05, 0) is 12.1 Å². The first-order valence-electron chi connectivity index (χ1n) is 3.70. The molecule has 0 aromatic carbocycles. The Kier molecular flexibility index (Phi) is 8.74. The van der Waals surface area contributed by atoms with Crippen molar-refractivity contribution >= 4 is 11.9 Å². The zero-order valence-corrected chi connectivity index (χ0v) is 8.18. The van der Waals surface area contributed by atoms with Crippen LogP contribution in [0.1, 0.15) is 6.42 Å². The van der Waals surface area contributed by atoms with Crippen molar-refractivity contribution in [3.05, 3.63) is 36.8 Å². The highest BCUT2D eigenvalue weighted by Gasteiger charge is 2.05. The van der Waals surface area contributed by atoms with Crippen molar-refractivity contribution in [3.63, 3.8) is 0 Å². The second-order valence-electron chi connectivity index (χ2n) is 2.34. The van der Waals surface area contributed by atoms with Crippen LogP contribution >= 0.6 is 0 Å². The number of carboxylic acid groups (broad SMARTS) is 1. The Balaban J connectivity index is 0. The van der Waals surface area contributed by atoms with E-state index in [9.17, 15) is 9.59 Å². The fraction of sp³-hybridized carbons (Fsp3) is 0.111. The molecular formula is C9H14N2O4. The third-order valence-electron chi connectivity index (χ3n) is 1.12. The minimum atomic E-state index is -1.19. The summed E-state index contributed by atoms with van der Waals surface area (Å²) in [6.07, 6.45) is 2.97. The number of furan rings is 1. The number of rotatable bonds is 3. The summed E-state index contributed by atoms with van der Waals surface area (Å²) >= 11 is 0. The minimum absolute atomic E-state index is 0. The van der Waals surface area contributed by atoms with Gasteiger partial charge in [-0.25, -0.2) is 4.79 Å². The lowest BCUT2D eigenvalue weighted by Crippen LogP contribution is -2.14. The summed E-state index contributed by atoms with van der Waals surface area (Å²) < 4.78 is 4.58. The Hall–Kier alpha value is -2.08. The lowest BCUT2D eigenvalue weighted by molar-refractivity contribution is -0.133. The Morgan fingerprint density at radius 3 is 1.93 bits per heavy atom. The highest BCUT2D eigenvalue weighted by atomic mass is 16.4. The Morgan fingerprint density at radius 1 is 1.33 bits per heavy atom. The molecule has 1 aromatic heterocycles. The number of hydrogen-bond acceptors (Lipinski definition) is 4. The summed E-state index contributed by atoms with van der Waals surface area (Å²) in [6, 6.07) is 3.67. The van der Waals surface area contributed by atoms with Gasteiger partial charge in [0.2, 0.25) is 5.91 Å². The van der Waals surface area contributed by atoms with Gasteiger partial charge < -0.3 is 21.4 Å². The van der Waals surface area contributed by atoms with E-state index in [2.05, 4.69) is 16.7 Å². The van der Waals surface area contributed by atoms with Gasteiger partial charge in [0, 0.05) is 5.57 Å². The smallest absolute Gasteiger partial charge is 0.331 e. The second kappa shape index (κ2) is 8.52. The molecule has 84 valence electrons. The molecule has 0 fully saturated rings. The molecule has 0 saturated heterocycles. The van der Waals surface area contributed by atoms with E-state index in [0.29, 0.717) is 0 Å². The zero-order chi connectivity index (χ0) is 11.0. The van der Waals surface area contributed by atoms with Crippen molar-refractivity contribution in [2.45, 2.75) is 6.42 Å². The van der Waals surface area contributed by atoms with Crippen molar-refractivity contribution in [1.29, 1.82) is 0 Å². The van der Waals surface area contributed by atoms with Crippen molar-refractivity contribution < 1.29 is 19.1 Å². The van der Waals surface area contributed by atoms with Crippen LogP contribution in [0.5, 0.6) is 0 Å². The lowest BCUT2D eigenvalue weighted by atomic mass is 10.2. The van der Waals surface area contributed by atoms with Crippen LogP contribution in [0.25, 0.3) is 0 Å². The number of hydrogen-bond donors (Lipinski definition) is 3. The normalized spacial score (nSPS) is 7.73. The fourth-order valence-corrected chi connectivity index (χ4v) is 0.513. The van der Waals surface area contributed by atoms with Crippen LogP contribution in [-0.4, -0.2) is 17.0 Å². The molecule has 15 heavy (non-hydrogen) atoms. The summed E-state index contributed by atoms with van der Waals surface area (Å²) in [6.45, 7) is 3.09. The van der Waals surface area contributed by atoms with E-state index in [1.54, 1.807) is 12.5 Å². The number of primary amides is 1. The lowest BCUT2D eigenvalue weighted by Gasteiger charge is -1.92. The summed E-state index contributed by atoms with van der Waals surface area (Å²) in [5.74, 6) is -1.86. The zero-order valence-electron chi connectivity index (χ0n) is 8.18. The second-order valence-corrected chi connectivity index (χ2v) is 2.34. The molecule has 0 bridgehead atoms. The van der Waals surface area contributed by atoms with Crippen LogP contribution < -0.4 is 11.9 Å². The topological polar surface area (TPSA) is 129 Å². The molecule has 0 unspecified atom stereocenters. The van der Waals surface area contributed by atoms with E-state index in [1.165, 1.54) is 0 Å². The van der Waals surface area contributed by atoms with Crippen LogP contribution in [0.4, 0.5) is 0 Å². The summed E-state index contributed by atoms with van der Waals surface area (Å²) in [4.78, 5) is 19.9. The van der Waals surface area contributed by atoms with Gasteiger partial charge in [-0.3, -0.25) is 4.79 Å². The maximum Gasteiger partial charge on any atom is 0.331 e. The number of aliphatic carboxylic acids is 1. The third-order valence-corrected chi connectivity index (χ3v) is 1.12. The average Bonchev–Trinajstić information content (AvgIpc) is 2.59. The minimum Gasteiger partial charge on any atom is -0.478 e. The predicted octanol–water partition coefficient (Wildman–Crippen LogP) is 0.944. The molecule has 6 N–H and O–H groups in total. The molecule has 1 amide bonds. The highest BCUT2D eigenvalue weighted by molar-refractivity contribution is 5.92.